The predicted molar refractivity (Wildman–Crippen MR) is 68.5 cm³/mol. The summed E-state index contributed by atoms with van der Waals surface area (Å²) in [7, 11) is 0. The maximum Gasteiger partial charge on any atom is 0.234 e. The molecule has 2 unspecified atom stereocenters. The largest absolute Gasteiger partial charge is 0.368 e. The Balaban J connectivity index is 2.28. The summed E-state index contributed by atoms with van der Waals surface area (Å²) in [5.41, 5.74) is 8.10. The van der Waals surface area contributed by atoms with E-state index in [2.05, 4.69) is 37.4 Å². The van der Waals surface area contributed by atoms with Gasteiger partial charge in [0.05, 0.1) is 6.04 Å². The lowest BCUT2D eigenvalue weighted by Crippen LogP contribution is -2.44. The quantitative estimate of drug-likeness (QED) is 0.834. The van der Waals surface area contributed by atoms with Crippen LogP contribution in [0, 0.1) is 5.41 Å². The molecule has 1 aromatic rings. The number of nitrogens with two attached hydrogens (primary N) is 1. The van der Waals surface area contributed by atoms with Crippen molar-refractivity contribution in [3.63, 3.8) is 0 Å². The molecule has 2 atom stereocenters. The van der Waals surface area contributed by atoms with Crippen molar-refractivity contribution >= 4 is 5.91 Å². The van der Waals surface area contributed by atoms with Crippen LogP contribution in [0.3, 0.4) is 0 Å². The third-order valence-corrected chi connectivity index (χ3v) is 3.64. The predicted octanol–water partition coefficient (Wildman–Crippen LogP) is 1.77. The van der Waals surface area contributed by atoms with E-state index in [0.717, 1.165) is 6.42 Å². The molecule has 0 saturated heterocycles. The Bertz CT molecular complexity index is 440. The van der Waals surface area contributed by atoms with Crippen LogP contribution in [0.5, 0.6) is 0 Å². The Morgan fingerprint density at radius 3 is 2.76 bits per heavy atom. The van der Waals surface area contributed by atoms with E-state index in [1.165, 1.54) is 11.1 Å². The number of hydrogen-bond acceptors (Lipinski definition) is 2. The zero-order valence-corrected chi connectivity index (χ0v) is 10.7. The fourth-order valence-electron chi connectivity index (χ4n) is 2.64. The smallest absolute Gasteiger partial charge is 0.234 e. The van der Waals surface area contributed by atoms with Gasteiger partial charge in [-0.3, -0.25) is 10.1 Å². The molecular formula is C14H20N2O. The van der Waals surface area contributed by atoms with E-state index >= 15 is 0 Å². The fraction of sp³-hybridized carbons (Fsp3) is 0.500. The second kappa shape index (κ2) is 4.15. The summed E-state index contributed by atoms with van der Waals surface area (Å²) in [6.07, 6.45) is 1.03. The molecule has 0 spiro atoms. The van der Waals surface area contributed by atoms with Crippen LogP contribution in [0.4, 0.5) is 0 Å². The molecule has 0 aromatic heterocycles. The summed E-state index contributed by atoms with van der Waals surface area (Å²) in [4.78, 5) is 11.2. The normalized spacial score (nSPS) is 23.1. The molecule has 92 valence electrons. The van der Waals surface area contributed by atoms with Gasteiger partial charge in [-0.2, -0.15) is 0 Å². The lowest BCUT2D eigenvalue weighted by molar-refractivity contribution is -0.120. The van der Waals surface area contributed by atoms with E-state index in [1.807, 2.05) is 13.0 Å². The molecule has 3 N–H and O–H groups in total. The lowest BCUT2D eigenvalue weighted by Gasteiger charge is -2.30. The van der Waals surface area contributed by atoms with Crippen LogP contribution in [0.25, 0.3) is 0 Å². The van der Waals surface area contributed by atoms with Gasteiger partial charge in [-0.15, -0.1) is 0 Å². The zero-order valence-electron chi connectivity index (χ0n) is 10.7. The van der Waals surface area contributed by atoms with Crippen molar-refractivity contribution in [2.75, 3.05) is 0 Å². The Morgan fingerprint density at radius 1 is 1.47 bits per heavy atom. The highest BCUT2D eigenvalue weighted by molar-refractivity contribution is 5.79. The summed E-state index contributed by atoms with van der Waals surface area (Å²) >= 11 is 0. The monoisotopic (exact) mass is 232 g/mol. The maximum absolute atomic E-state index is 11.2. The Kier molecular flexibility index (Phi) is 2.96. The molecule has 0 bridgehead atoms. The van der Waals surface area contributed by atoms with Gasteiger partial charge in [-0.25, -0.2) is 0 Å². The van der Waals surface area contributed by atoms with Gasteiger partial charge in [0.1, 0.15) is 0 Å². The molecule has 3 heteroatoms. The molecule has 0 radical (unpaired) electrons. The summed E-state index contributed by atoms with van der Waals surface area (Å²) in [5.74, 6) is -0.301. The molecule has 1 aliphatic carbocycles. The van der Waals surface area contributed by atoms with Gasteiger partial charge in [-0.1, -0.05) is 38.1 Å². The molecule has 1 amide bonds. The molecule has 1 aromatic carbocycles. The number of carbonyl (C=O) groups excluding carboxylic acids is 1. The average molecular weight is 232 g/mol. The highest BCUT2D eigenvalue weighted by Gasteiger charge is 2.39. The van der Waals surface area contributed by atoms with E-state index < -0.39 is 0 Å². The van der Waals surface area contributed by atoms with Crippen molar-refractivity contribution in [1.82, 2.24) is 5.32 Å². The van der Waals surface area contributed by atoms with E-state index in [1.54, 1.807) is 0 Å². The zero-order chi connectivity index (χ0) is 12.6. The molecule has 3 nitrogen and oxygen atoms in total. The van der Waals surface area contributed by atoms with E-state index in [9.17, 15) is 4.79 Å². The molecule has 0 fully saturated rings. The van der Waals surface area contributed by atoms with Crippen molar-refractivity contribution < 1.29 is 4.79 Å². The van der Waals surface area contributed by atoms with E-state index in [-0.39, 0.29) is 23.4 Å². The SMILES string of the molecule is CC(NC1c2ccccc2CC1(C)C)C(N)=O. The fourth-order valence-corrected chi connectivity index (χ4v) is 2.64. The number of benzene rings is 1. The van der Waals surface area contributed by atoms with E-state index in [0.29, 0.717) is 0 Å². The summed E-state index contributed by atoms with van der Waals surface area (Å²) in [5, 5.41) is 3.35. The number of carbonyl (C=O) groups is 1. The van der Waals surface area contributed by atoms with Gasteiger partial charge in [-0.05, 0) is 29.9 Å². The van der Waals surface area contributed by atoms with Crippen LogP contribution >= 0.6 is 0 Å². The summed E-state index contributed by atoms with van der Waals surface area (Å²) in [6.45, 7) is 6.26. The van der Waals surface area contributed by atoms with Crippen LogP contribution in [-0.2, 0) is 11.2 Å². The number of amides is 1. The van der Waals surface area contributed by atoms with Crippen LogP contribution in [0.2, 0.25) is 0 Å². The Morgan fingerprint density at radius 2 is 2.12 bits per heavy atom. The van der Waals surface area contributed by atoms with Gasteiger partial charge in [0.15, 0.2) is 0 Å². The number of nitrogens with one attached hydrogen (secondary N) is 1. The van der Waals surface area contributed by atoms with Gasteiger partial charge in [0.25, 0.3) is 0 Å². The second-order valence-electron chi connectivity index (χ2n) is 5.59. The van der Waals surface area contributed by atoms with Crippen LogP contribution in [0.15, 0.2) is 24.3 Å². The van der Waals surface area contributed by atoms with Crippen molar-refractivity contribution in [3.8, 4) is 0 Å². The molecule has 0 heterocycles. The first-order valence-electron chi connectivity index (χ1n) is 6.05. The van der Waals surface area contributed by atoms with Gasteiger partial charge < -0.3 is 5.73 Å². The van der Waals surface area contributed by atoms with Crippen LogP contribution < -0.4 is 11.1 Å². The number of fused-ring (bicyclic) bond motifs is 1. The molecule has 0 aliphatic heterocycles. The van der Waals surface area contributed by atoms with Gasteiger partial charge >= 0.3 is 0 Å². The molecule has 1 aliphatic rings. The van der Waals surface area contributed by atoms with Crippen LogP contribution in [0.1, 0.15) is 37.9 Å². The summed E-state index contributed by atoms with van der Waals surface area (Å²) in [6, 6.07) is 8.30. The number of hydrogen-bond donors (Lipinski definition) is 2. The van der Waals surface area contributed by atoms with E-state index in [4.69, 9.17) is 5.73 Å². The van der Waals surface area contributed by atoms with Crippen molar-refractivity contribution in [1.29, 1.82) is 0 Å². The molecule has 17 heavy (non-hydrogen) atoms. The second-order valence-corrected chi connectivity index (χ2v) is 5.59. The standard InChI is InChI=1S/C14H20N2O/c1-9(13(15)17)16-12-11-7-5-4-6-10(11)8-14(12,2)3/h4-7,9,12,16H,8H2,1-3H3,(H2,15,17). The van der Waals surface area contributed by atoms with Crippen LogP contribution in [-0.4, -0.2) is 11.9 Å². The highest BCUT2D eigenvalue weighted by atomic mass is 16.1. The van der Waals surface area contributed by atoms with Crippen molar-refractivity contribution in [2.45, 2.75) is 39.3 Å². The third-order valence-electron chi connectivity index (χ3n) is 3.64. The average Bonchev–Trinajstić information content (AvgIpc) is 2.50. The minimum Gasteiger partial charge on any atom is -0.368 e. The topological polar surface area (TPSA) is 55.1 Å². The first kappa shape index (κ1) is 12.1. The van der Waals surface area contributed by atoms with Gasteiger partial charge in [0, 0.05) is 6.04 Å². The van der Waals surface area contributed by atoms with Crippen molar-refractivity contribution in [2.24, 2.45) is 11.1 Å². The minimum absolute atomic E-state index is 0.118. The molecular weight excluding hydrogens is 212 g/mol. The molecule has 0 saturated carbocycles. The minimum atomic E-state index is -0.301. The molecule has 2 rings (SSSR count). The number of primary amides is 1. The summed E-state index contributed by atoms with van der Waals surface area (Å²) < 4.78 is 0. The maximum atomic E-state index is 11.2. The lowest BCUT2D eigenvalue weighted by atomic mass is 9.85. The van der Waals surface area contributed by atoms with Gasteiger partial charge in [0.2, 0.25) is 5.91 Å². The third kappa shape index (κ3) is 2.20. The first-order valence-corrected chi connectivity index (χ1v) is 6.05. The Labute approximate surface area is 102 Å². The first-order chi connectivity index (χ1) is 7.92. The Hall–Kier alpha value is -1.35. The van der Waals surface area contributed by atoms with Crippen molar-refractivity contribution in [3.05, 3.63) is 35.4 Å². The number of rotatable bonds is 3. The highest BCUT2D eigenvalue weighted by Crippen LogP contribution is 2.45.